The molecule has 0 aliphatic rings. The van der Waals surface area contributed by atoms with E-state index in [9.17, 15) is 18.4 Å². The molecule has 2 aromatic rings. The molecule has 0 aromatic heterocycles. The van der Waals surface area contributed by atoms with E-state index in [2.05, 4.69) is 5.32 Å². The van der Waals surface area contributed by atoms with Crippen molar-refractivity contribution >= 4 is 11.9 Å². The minimum Gasteiger partial charge on any atom is -0.488 e. The van der Waals surface area contributed by atoms with Gasteiger partial charge in [-0.25, -0.2) is 13.6 Å². The zero-order chi connectivity index (χ0) is 18.9. The molecule has 0 saturated heterocycles. The molecule has 138 valence electrons. The Morgan fingerprint density at radius 3 is 2.62 bits per heavy atom. The van der Waals surface area contributed by atoms with Gasteiger partial charge < -0.3 is 15.2 Å². The zero-order valence-electron chi connectivity index (χ0n) is 14.0. The van der Waals surface area contributed by atoms with Gasteiger partial charge in [-0.05, 0) is 35.7 Å². The van der Waals surface area contributed by atoms with E-state index in [1.54, 1.807) is 42.5 Å². The fourth-order valence-electron chi connectivity index (χ4n) is 2.39. The Labute approximate surface area is 149 Å². The number of aromatic carboxylic acids is 1. The van der Waals surface area contributed by atoms with Crippen molar-refractivity contribution in [3.63, 3.8) is 0 Å². The highest BCUT2D eigenvalue weighted by Crippen LogP contribution is 2.15. The maximum absolute atomic E-state index is 12.2. The molecule has 0 bridgehead atoms. The van der Waals surface area contributed by atoms with E-state index in [1.165, 1.54) is 6.07 Å². The molecule has 0 fully saturated rings. The molecule has 0 spiro atoms. The number of aryl methyl sites for hydroxylation is 1. The lowest BCUT2D eigenvalue weighted by molar-refractivity contribution is -0.121. The molecule has 1 amide bonds. The van der Waals surface area contributed by atoms with Crippen LogP contribution in [0.25, 0.3) is 0 Å². The summed E-state index contributed by atoms with van der Waals surface area (Å²) in [6, 6.07) is 13.1. The second-order valence-corrected chi connectivity index (χ2v) is 5.59. The van der Waals surface area contributed by atoms with Crippen molar-refractivity contribution in [3.05, 3.63) is 65.2 Å². The minimum atomic E-state index is -2.55. The monoisotopic (exact) mass is 363 g/mol. The molecule has 5 nitrogen and oxygen atoms in total. The summed E-state index contributed by atoms with van der Waals surface area (Å²) in [7, 11) is 0. The van der Waals surface area contributed by atoms with Crippen molar-refractivity contribution < 1.29 is 28.2 Å². The molecule has 0 unspecified atom stereocenters. The Morgan fingerprint density at radius 1 is 1.12 bits per heavy atom. The number of ether oxygens (including phenoxy) is 1. The lowest BCUT2D eigenvalue weighted by Gasteiger charge is -2.09. The van der Waals surface area contributed by atoms with E-state index in [4.69, 9.17) is 9.84 Å². The molecule has 0 aliphatic carbocycles. The van der Waals surface area contributed by atoms with Crippen LogP contribution in [0.15, 0.2) is 48.5 Å². The number of carbonyl (C=O) groups is 2. The number of hydrogen-bond donors (Lipinski definition) is 2. The average molecular weight is 363 g/mol. The van der Waals surface area contributed by atoms with Gasteiger partial charge in [-0.3, -0.25) is 4.79 Å². The van der Waals surface area contributed by atoms with E-state index in [0.717, 1.165) is 5.56 Å². The normalized spacial score (nSPS) is 10.6. The Balaban J connectivity index is 1.84. The lowest BCUT2D eigenvalue weighted by Crippen LogP contribution is -2.23. The maximum atomic E-state index is 12.2. The van der Waals surface area contributed by atoms with Crippen LogP contribution in [-0.4, -0.2) is 30.0 Å². The molecule has 2 rings (SSSR count). The summed E-state index contributed by atoms with van der Waals surface area (Å²) in [5.41, 5.74) is 1.50. The van der Waals surface area contributed by atoms with Crippen LogP contribution >= 0.6 is 0 Å². The fraction of sp³-hybridized carbons (Fsp3) is 0.263. The third-order valence-corrected chi connectivity index (χ3v) is 3.63. The first-order valence-corrected chi connectivity index (χ1v) is 8.03. The van der Waals surface area contributed by atoms with E-state index < -0.39 is 19.0 Å². The van der Waals surface area contributed by atoms with Gasteiger partial charge >= 0.3 is 5.97 Å². The van der Waals surface area contributed by atoms with Gasteiger partial charge in [-0.2, -0.15) is 0 Å². The third kappa shape index (κ3) is 6.16. The van der Waals surface area contributed by atoms with Gasteiger partial charge in [0.1, 0.15) is 12.4 Å². The Bertz CT molecular complexity index is 765. The quantitative estimate of drug-likeness (QED) is 0.717. The number of hydrogen-bond acceptors (Lipinski definition) is 3. The Kier molecular flexibility index (Phi) is 7.08. The van der Waals surface area contributed by atoms with Gasteiger partial charge in [0.25, 0.3) is 6.43 Å². The van der Waals surface area contributed by atoms with Crippen molar-refractivity contribution in [2.75, 3.05) is 6.61 Å². The summed E-state index contributed by atoms with van der Waals surface area (Å²) in [5.74, 6) is -0.946. The summed E-state index contributed by atoms with van der Waals surface area (Å²) in [5, 5.41) is 11.8. The summed E-state index contributed by atoms with van der Waals surface area (Å²) in [6.07, 6.45) is -2.09. The van der Waals surface area contributed by atoms with Crippen LogP contribution in [0.5, 0.6) is 5.75 Å². The number of carbonyl (C=O) groups excluding carboxylic acids is 1. The first-order valence-electron chi connectivity index (χ1n) is 8.03. The van der Waals surface area contributed by atoms with Crippen LogP contribution in [0, 0.1) is 0 Å². The number of benzene rings is 2. The number of halogens is 2. The van der Waals surface area contributed by atoms with Gasteiger partial charge in [0.15, 0.2) is 0 Å². The smallest absolute Gasteiger partial charge is 0.335 e. The van der Waals surface area contributed by atoms with Crippen LogP contribution in [0.1, 0.15) is 27.9 Å². The molecule has 7 heteroatoms. The largest absolute Gasteiger partial charge is 0.488 e. The predicted octanol–water partition coefficient (Wildman–Crippen LogP) is 3.28. The molecular weight excluding hydrogens is 344 g/mol. The van der Waals surface area contributed by atoms with E-state index in [-0.39, 0.29) is 24.4 Å². The molecule has 2 N–H and O–H groups in total. The number of rotatable bonds is 9. The summed E-state index contributed by atoms with van der Waals surface area (Å²) < 4.78 is 29.3. The second-order valence-electron chi connectivity index (χ2n) is 5.59. The van der Waals surface area contributed by atoms with Gasteiger partial charge in [-0.15, -0.1) is 0 Å². The van der Waals surface area contributed by atoms with E-state index >= 15 is 0 Å². The van der Waals surface area contributed by atoms with Gasteiger partial charge in [0.2, 0.25) is 5.91 Å². The minimum absolute atomic E-state index is 0.145. The van der Waals surface area contributed by atoms with E-state index in [0.29, 0.717) is 17.7 Å². The zero-order valence-corrected chi connectivity index (χ0v) is 14.0. The first-order chi connectivity index (χ1) is 12.5. The van der Waals surface area contributed by atoms with Gasteiger partial charge in [0.05, 0.1) is 5.56 Å². The Hall–Kier alpha value is -2.96. The Morgan fingerprint density at radius 2 is 1.88 bits per heavy atom. The molecule has 0 heterocycles. The fourth-order valence-corrected chi connectivity index (χ4v) is 2.39. The molecule has 26 heavy (non-hydrogen) atoms. The van der Waals surface area contributed by atoms with Crippen molar-refractivity contribution in [3.8, 4) is 5.75 Å². The van der Waals surface area contributed by atoms with E-state index in [1.807, 2.05) is 0 Å². The molecule has 2 aromatic carbocycles. The van der Waals surface area contributed by atoms with Crippen LogP contribution in [0.2, 0.25) is 0 Å². The highest BCUT2D eigenvalue weighted by atomic mass is 19.3. The summed E-state index contributed by atoms with van der Waals surface area (Å²) in [4.78, 5) is 23.1. The van der Waals surface area contributed by atoms with Gasteiger partial charge in [0, 0.05) is 13.0 Å². The highest BCUT2D eigenvalue weighted by Gasteiger charge is 2.11. The SMILES string of the molecule is O=C(CCc1ccccc1C(=O)O)NCc1cccc(OCC(F)F)c1. The average Bonchev–Trinajstić information content (AvgIpc) is 2.63. The molecule has 0 radical (unpaired) electrons. The topological polar surface area (TPSA) is 75.6 Å². The lowest BCUT2D eigenvalue weighted by atomic mass is 10.0. The van der Waals surface area contributed by atoms with Crippen LogP contribution in [-0.2, 0) is 17.8 Å². The van der Waals surface area contributed by atoms with Gasteiger partial charge in [-0.1, -0.05) is 30.3 Å². The van der Waals surface area contributed by atoms with Crippen LogP contribution in [0.4, 0.5) is 8.78 Å². The van der Waals surface area contributed by atoms with Crippen LogP contribution < -0.4 is 10.1 Å². The molecule has 0 atom stereocenters. The highest BCUT2D eigenvalue weighted by molar-refractivity contribution is 5.89. The number of nitrogens with one attached hydrogen (secondary N) is 1. The first kappa shape index (κ1) is 19.4. The van der Waals surface area contributed by atoms with Crippen molar-refractivity contribution in [2.45, 2.75) is 25.8 Å². The molecular formula is C19H19F2NO4. The predicted molar refractivity (Wildman–Crippen MR) is 91.5 cm³/mol. The number of amides is 1. The van der Waals surface area contributed by atoms with Crippen LogP contribution in [0.3, 0.4) is 0 Å². The standard InChI is InChI=1S/C19H19F2NO4/c20-17(21)12-26-15-6-3-4-13(10-15)11-22-18(23)9-8-14-5-1-2-7-16(14)19(24)25/h1-7,10,17H,8-9,11-12H2,(H,22,23)(H,24,25). The van der Waals surface area contributed by atoms with Crippen molar-refractivity contribution in [1.29, 1.82) is 0 Å². The van der Waals surface area contributed by atoms with Crippen molar-refractivity contribution in [1.82, 2.24) is 5.32 Å². The second kappa shape index (κ2) is 9.50. The maximum Gasteiger partial charge on any atom is 0.335 e. The summed E-state index contributed by atoms with van der Waals surface area (Å²) >= 11 is 0. The molecule has 0 aliphatic heterocycles. The third-order valence-electron chi connectivity index (χ3n) is 3.63. The number of alkyl halides is 2. The number of carboxylic acids is 1. The summed E-state index contributed by atoms with van der Waals surface area (Å²) in [6.45, 7) is -0.454. The number of carboxylic acid groups (broad SMARTS) is 1. The van der Waals surface area contributed by atoms with Crippen molar-refractivity contribution in [2.24, 2.45) is 0 Å². The molecule has 0 saturated carbocycles.